The lowest BCUT2D eigenvalue weighted by atomic mass is 9.89. The lowest BCUT2D eigenvalue weighted by Crippen LogP contribution is -2.33. The van der Waals surface area contributed by atoms with Crippen LogP contribution >= 0.6 is 0 Å². The van der Waals surface area contributed by atoms with Gasteiger partial charge >= 0.3 is 0 Å². The monoisotopic (exact) mass is 393 g/mol. The van der Waals surface area contributed by atoms with E-state index in [9.17, 15) is 9.59 Å². The first-order chi connectivity index (χ1) is 14.1. The van der Waals surface area contributed by atoms with Crippen molar-refractivity contribution in [3.63, 3.8) is 0 Å². The average Bonchev–Trinajstić information content (AvgIpc) is 3.52. The summed E-state index contributed by atoms with van der Waals surface area (Å²) in [5.74, 6) is 1.23. The molecule has 2 aliphatic rings. The molecule has 1 aliphatic carbocycles. The van der Waals surface area contributed by atoms with E-state index in [0.717, 1.165) is 12.8 Å². The first-order valence-corrected chi connectivity index (χ1v) is 10.2. The van der Waals surface area contributed by atoms with Gasteiger partial charge in [0.25, 0.3) is 5.91 Å². The van der Waals surface area contributed by atoms with Crippen molar-refractivity contribution in [2.45, 2.75) is 18.8 Å². The van der Waals surface area contributed by atoms with E-state index in [4.69, 9.17) is 10.5 Å². The van der Waals surface area contributed by atoms with E-state index in [1.165, 1.54) is 5.56 Å². The molecule has 3 N–H and O–H groups in total. The van der Waals surface area contributed by atoms with Crippen molar-refractivity contribution in [1.82, 2.24) is 4.90 Å². The number of rotatable bonds is 7. The van der Waals surface area contributed by atoms with Crippen LogP contribution in [0, 0.1) is 11.8 Å². The second-order valence-corrected chi connectivity index (χ2v) is 7.89. The Kier molecular flexibility index (Phi) is 5.81. The van der Waals surface area contributed by atoms with Gasteiger partial charge in [0.05, 0.1) is 0 Å². The third-order valence-corrected chi connectivity index (χ3v) is 5.74. The summed E-state index contributed by atoms with van der Waals surface area (Å²) in [7, 11) is 0. The normalized spacial score (nSPS) is 21.1. The van der Waals surface area contributed by atoms with E-state index in [-0.39, 0.29) is 36.2 Å². The minimum atomic E-state index is -0.0469. The van der Waals surface area contributed by atoms with E-state index in [1.54, 1.807) is 12.1 Å². The Hall–Kier alpha value is -2.86. The van der Waals surface area contributed by atoms with Gasteiger partial charge < -0.3 is 20.7 Å². The van der Waals surface area contributed by atoms with Crippen LogP contribution in [0.2, 0.25) is 0 Å². The van der Waals surface area contributed by atoms with Crippen LogP contribution in [-0.4, -0.2) is 43.0 Å². The number of carbonyl (C=O) groups excluding carboxylic acids is 2. The summed E-state index contributed by atoms with van der Waals surface area (Å²) in [4.78, 5) is 26.5. The highest BCUT2D eigenvalue weighted by molar-refractivity contribution is 5.94. The minimum absolute atomic E-state index is 0.0289. The lowest BCUT2D eigenvalue weighted by Gasteiger charge is -2.17. The third kappa shape index (κ3) is 4.77. The fraction of sp³-hybridized carbons (Fsp3) is 0.391. The Morgan fingerprint density at radius 3 is 2.59 bits per heavy atom. The predicted molar refractivity (Wildman–Crippen MR) is 112 cm³/mol. The topological polar surface area (TPSA) is 84.7 Å². The maximum atomic E-state index is 12.7. The second kappa shape index (κ2) is 8.66. The summed E-state index contributed by atoms with van der Waals surface area (Å²) in [6.07, 6.45) is 1.92. The molecule has 0 aromatic heterocycles. The van der Waals surface area contributed by atoms with Gasteiger partial charge in [0.15, 0.2) is 6.61 Å². The fourth-order valence-corrected chi connectivity index (χ4v) is 3.88. The molecular formula is C23H27N3O3. The zero-order valence-electron chi connectivity index (χ0n) is 16.4. The summed E-state index contributed by atoms with van der Waals surface area (Å²) in [5, 5.41) is 2.90. The quantitative estimate of drug-likeness (QED) is 0.757. The van der Waals surface area contributed by atoms with E-state index < -0.39 is 0 Å². The molecule has 29 heavy (non-hydrogen) atoms. The summed E-state index contributed by atoms with van der Waals surface area (Å²) >= 11 is 0. The van der Waals surface area contributed by atoms with Gasteiger partial charge in [-0.25, -0.2) is 0 Å². The molecule has 0 spiro atoms. The molecule has 0 bridgehead atoms. The first-order valence-electron chi connectivity index (χ1n) is 10.2. The van der Waals surface area contributed by atoms with E-state index >= 15 is 0 Å². The Bertz CT molecular complexity index is 867. The van der Waals surface area contributed by atoms with Crippen molar-refractivity contribution < 1.29 is 14.3 Å². The average molecular weight is 393 g/mol. The van der Waals surface area contributed by atoms with Crippen molar-refractivity contribution >= 4 is 17.5 Å². The van der Waals surface area contributed by atoms with Crippen molar-refractivity contribution in [2.75, 3.05) is 31.6 Å². The van der Waals surface area contributed by atoms with E-state index in [1.807, 2.05) is 35.2 Å². The minimum Gasteiger partial charge on any atom is -0.484 e. The Morgan fingerprint density at radius 1 is 1.07 bits per heavy atom. The number of nitrogens with one attached hydrogen (secondary N) is 1. The van der Waals surface area contributed by atoms with Crippen LogP contribution in [0.25, 0.3) is 0 Å². The number of carbonyl (C=O) groups is 2. The molecule has 2 fully saturated rings. The molecule has 6 nitrogen and oxygen atoms in total. The number of nitrogens with zero attached hydrogens (tertiary/aromatic N) is 1. The molecule has 1 saturated carbocycles. The zero-order chi connectivity index (χ0) is 20.2. The lowest BCUT2D eigenvalue weighted by molar-refractivity contribution is -0.132. The van der Waals surface area contributed by atoms with Crippen LogP contribution in [-0.2, 0) is 9.59 Å². The maximum Gasteiger partial charge on any atom is 0.260 e. The van der Waals surface area contributed by atoms with Crippen LogP contribution in [0.15, 0.2) is 54.6 Å². The molecule has 4 rings (SSSR count). The molecule has 1 saturated heterocycles. The van der Waals surface area contributed by atoms with Crippen molar-refractivity contribution in [3.05, 3.63) is 60.2 Å². The number of nitrogens with two attached hydrogens (primary N) is 1. The molecular weight excluding hydrogens is 366 g/mol. The van der Waals surface area contributed by atoms with Crippen LogP contribution in [0.3, 0.4) is 0 Å². The molecule has 2 aromatic carbocycles. The fourth-order valence-electron chi connectivity index (χ4n) is 3.88. The molecule has 152 valence electrons. The maximum absolute atomic E-state index is 12.7. The molecule has 0 radical (unpaired) electrons. The van der Waals surface area contributed by atoms with Gasteiger partial charge in [-0.2, -0.15) is 0 Å². The summed E-state index contributed by atoms with van der Waals surface area (Å²) in [6.45, 7) is 1.83. The molecule has 0 unspecified atom stereocenters. The summed E-state index contributed by atoms with van der Waals surface area (Å²) < 4.78 is 5.71. The van der Waals surface area contributed by atoms with Gasteiger partial charge in [0.2, 0.25) is 5.91 Å². The molecule has 2 atom stereocenters. The van der Waals surface area contributed by atoms with E-state index in [0.29, 0.717) is 31.1 Å². The zero-order valence-corrected chi connectivity index (χ0v) is 16.4. The summed E-state index contributed by atoms with van der Waals surface area (Å²) in [6, 6.07) is 17.4. The Balaban J connectivity index is 1.33. The molecule has 1 heterocycles. The van der Waals surface area contributed by atoms with Gasteiger partial charge in [0, 0.05) is 36.7 Å². The SMILES string of the molecule is NC[C@@H]1CN(C(=O)COc2cccc(NC(=O)C3CC3)c2)C[C@H]1c1ccccc1. The number of amides is 2. The largest absolute Gasteiger partial charge is 0.484 e. The number of benzene rings is 2. The van der Waals surface area contributed by atoms with Crippen molar-refractivity contribution in [2.24, 2.45) is 17.6 Å². The van der Waals surface area contributed by atoms with Crippen LogP contribution < -0.4 is 15.8 Å². The summed E-state index contributed by atoms with van der Waals surface area (Å²) in [5.41, 5.74) is 7.88. The number of hydrogen-bond donors (Lipinski definition) is 2. The Morgan fingerprint density at radius 2 is 1.86 bits per heavy atom. The number of hydrogen-bond acceptors (Lipinski definition) is 4. The second-order valence-electron chi connectivity index (χ2n) is 7.89. The highest BCUT2D eigenvalue weighted by Crippen LogP contribution is 2.32. The highest BCUT2D eigenvalue weighted by Gasteiger charge is 2.35. The number of ether oxygens (including phenoxy) is 1. The smallest absolute Gasteiger partial charge is 0.260 e. The van der Waals surface area contributed by atoms with Gasteiger partial charge in [-0.1, -0.05) is 36.4 Å². The van der Waals surface area contributed by atoms with Gasteiger partial charge in [-0.15, -0.1) is 0 Å². The molecule has 6 heteroatoms. The number of likely N-dealkylation sites (tertiary alicyclic amines) is 1. The van der Waals surface area contributed by atoms with E-state index in [2.05, 4.69) is 17.4 Å². The van der Waals surface area contributed by atoms with Gasteiger partial charge in [0.1, 0.15) is 5.75 Å². The molecule has 1 aliphatic heterocycles. The van der Waals surface area contributed by atoms with Crippen molar-refractivity contribution in [1.29, 1.82) is 0 Å². The molecule has 2 amide bonds. The molecule has 2 aromatic rings. The third-order valence-electron chi connectivity index (χ3n) is 5.74. The Labute approximate surface area is 171 Å². The van der Waals surface area contributed by atoms with Crippen molar-refractivity contribution in [3.8, 4) is 5.75 Å². The predicted octanol–water partition coefficient (Wildman–Crippen LogP) is 2.61. The highest BCUT2D eigenvalue weighted by atomic mass is 16.5. The van der Waals surface area contributed by atoms with Crippen LogP contribution in [0.4, 0.5) is 5.69 Å². The first kappa shape index (κ1) is 19.5. The van der Waals surface area contributed by atoms with Gasteiger partial charge in [-0.3, -0.25) is 9.59 Å². The van der Waals surface area contributed by atoms with Gasteiger partial charge in [-0.05, 0) is 43.0 Å². The number of anilines is 1. The van der Waals surface area contributed by atoms with Crippen LogP contribution in [0.1, 0.15) is 24.3 Å². The standard InChI is InChI=1S/C23H27N3O3/c24-12-18-13-26(14-21(18)16-5-2-1-3-6-16)22(27)15-29-20-8-4-7-19(11-20)25-23(28)17-9-10-17/h1-8,11,17-18,21H,9-10,12-15,24H2,(H,25,28)/t18-,21+/m1/s1. The van der Waals surface area contributed by atoms with Crippen LogP contribution in [0.5, 0.6) is 5.75 Å².